The molecule has 0 radical (unpaired) electrons. The van der Waals surface area contributed by atoms with Gasteiger partial charge in [0.1, 0.15) is 0 Å². The SMILES string of the molecule is COC(=O)[C@H](O)CNc1ccc2c(c1)CC(=O)N2C. The van der Waals surface area contributed by atoms with E-state index >= 15 is 0 Å². The number of anilines is 2. The van der Waals surface area contributed by atoms with Crippen molar-refractivity contribution in [3.05, 3.63) is 23.8 Å². The number of rotatable bonds is 4. The first kappa shape index (κ1) is 13.4. The number of likely N-dealkylation sites (N-methyl/N-ethyl adjacent to an activating group) is 1. The van der Waals surface area contributed by atoms with Gasteiger partial charge in [-0.25, -0.2) is 4.79 Å². The first-order valence-electron chi connectivity index (χ1n) is 5.92. The van der Waals surface area contributed by atoms with Gasteiger partial charge in [-0.2, -0.15) is 0 Å². The van der Waals surface area contributed by atoms with E-state index in [0.29, 0.717) is 6.42 Å². The third-order valence-electron chi connectivity index (χ3n) is 3.13. The predicted molar refractivity (Wildman–Crippen MR) is 70.1 cm³/mol. The number of hydrogen-bond acceptors (Lipinski definition) is 5. The molecule has 1 heterocycles. The Balaban J connectivity index is 2.02. The van der Waals surface area contributed by atoms with Gasteiger partial charge in [-0.15, -0.1) is 0 Å². The quantitative estimate of drug-likeness (QED) is 0.757. The zero-order chi connectivity index (χ0) is 14.0. The van der Waals surface area contributed by atoms with E-state index in [9.17, 15) is 14.7 Å². The van der Waals surface area contributed by atoms with Gasteiger partial charge in [0.15, 0.2) is 6.10 Å². The maximum atomic E-state index is 11.5. The molecule has 2 N–H and O–H groups in total. The van der Waals surface area contributed by atoms with Gasteiger partial charge >= 0.3 is 5.97 Å². The fraction of sp³-hybridized carbons (Fsp3) is 0.385. The first-order chi connectivity index (χ1) is 9.02. The number of esters is 1. The highest BCUT2D eigenvalue weighted by Gasteiger charge is 2.24. The number of aliphatic hydroxyl groups is 1. The summed E-state index contributed by atoms with van der Waals surface area (Å²) in [5.74, 6) is -0.620. The molecule has 0 saturated heterocycles. The molecule has 6 heteroatoms. The Bertz CT molecular complexity index is 515. The van der Waals surface area contributed by atoms with E-state index in [1.54, 1.807) is 18.0 Å². The van der Waals surface area contributed by atoms with Crippen LogP contribution in [0.25, 0.3) is 0 Å². The number of benzene rings is 1. The molecule has 0 unspecified atom stereocenters. The van der Waals surface area contributed by atoms with Gasteiger partial charge in [0.05, 0.1) is 20.1 Å². The number of methoxy groups -OCH3 is 1. The van der Waals surface area contributed by atoms with Crippen LogP contribution in [0.15, 0.2) is 18.2 Å². The summed E-state index contributed by atoms with van der Waals surface area (Å²) in [7, 11) is 2.96. The molecule has 0 aromatic heterocycles. The molecule has 6 nitrogen and oxygen atoms in total. The normalized spacial score (nSPS) is 15.1. The van der Waals surface area contributed by atoms with Crippen molar-refractivity contribution in [2.24, 2.45) is 0 Å². The maximum absolute atomic E-state index is 11.5. The fourth-order valence-corrected chi connectivity index (χ4v) is 2.01. The first-order valence-corrected chi connectivity index (χ1v) is 5.92. The fourth-order valence-electron chi connectivity index (χ4n) is 2.01. The second-order valence-electron chi connectivity index (χ2n) is 4.39. The van der Waals surface area contributed by atoms with Crippen molar-refractivity contribution in [3.8, 4) is 0 Å². The Morgan fingerprint density at radius 3 is 3.00 bits per heavy atom. The second-order valence-corrected chi connectivity index (χ2v) is 4.39. The molecule has 2 rings (SSSR count). The molecular formula is C13H16N2O4. The van der Waals surface area contributed by atoms with Gasteiger partial charge in [0.25, 0.3) is 0 Å². The molecule has 1 amide bonds. The summed E-state index contributed by atoms with van der Waals surface area (Å²) >= 11 is 0. The van der Waals surface area contributed by atoms with E-state index in [1.165, 1.54) is 7.11 Å². The standard InChI is InChI=1S/C13H16N2O4/c1-15-10-4-3-9(5-8(10)6-12(15)17)14-7-11(16)13(18)19-2/h3-5,11,14,16H,6-7H2,1-2H3/t11-/m1/s1. The van der Waals surface area contributed by atoms with E-state index in [4.69, 9.17) is 0 Å². The van der Waals surface area contributed by atoms with Crippen molar-refractivity contribution < 1.29 is 19.4 Å². The van der Waals surface area contributed by atoms with Crippen molar-refractivity contribution in [1.29, 1.82) is 0 Å². The van der Waals surface area contributed by atoms with Crippen LogP contribution in [-0.4, -0.2) is 43.8 Å². The summed E-state index contributed by atoms with van der Waals surface area (Å²) in [5.41, 5.74) is 2.58. The van der Waals surface area contributed by atoms with E-state index in [1.807, 2.05) is 12.1 Å². The summed E-state index contributed by atoms with van der Waals surface area (Å²) in [6, 6.07) is 5.49. The van der Waals surface area contributed by atoms with E-state index < -0.39 is 12.1 Å². The molecule has 1 atom stereocenters. The lowest BCUT2D eigenvalue weighted by molar-refractivity contribution is -0.149. The van der Waals surface area contributed by atoms with Crippen LogP contribution < -0.4 is 10.2 Å². The predicted octanol–water partition coefficient (Wildman–Crippen LogP) is 0.151. The molecule has 1 aliphatic rings. The van der Waals surface area contributed by atoms with Crippen molar-refractivity contribution in [2.45, 2.75) is 12.5 Å². The molecule has 0 saturated carbocycles. The minimum Gasteiger partial charge on any atom is -0.467 e. The van der Waals surface area contributed by atoms with E-state index in [0.717, 1.165) is 16.9 Å². The Kier molecular flexibility index (Phi) is 3.71. The third-order valence-corrected chi connectivity index (χ3v) is 3.13. The average molecular weight is 264 g/mol. The van der Waals surface area contributed by atoms with Crippen molar-refractivity contribution in [3.63, 3.8) is 0 Å². The van der Waals surface area contributed by atoms with Gasteiger partial charge in [-0.3, -0.25) is 4.79 Å². The zero-order valence-corrected chi connectivity index (χ0v) is 10.8. The van der Waals surface area contributed by atoms with E-state index in [-0.39, 0.29) is 12.5 Å². The maximum Gasteiger partial charge on any atom is 0.336 e. The van der Waals surface area contributed by atoms with Crippen LogP contribution in [0.1, 0.15) is 5.56 Å². The van der Waals surface area contributed by atoms with Crippen LogP contribution in [0.4, 0.5) is 11.4 Å². The number of fused-ring (bicyclic) bond motifs is 1. The van der Waals surface area contributed by atoms with Crippen LogP contribution in [0.2, 0.25) is 0 Å². The van der Waals surface area contributed by atoms with E-state index in [2.05, 4.69) is 10.1 Å². The Morgan fingerprint density at radius 2 is 2.32 bits per heavy atom. The van der Waals surface area contributed by atoms with Crippen molar-refractivity contribution >= 4 is 23.3 Å². The van der Waals surface area contributed by atoms with Crippen LogP contribution in [0.3, 0.4) is 0 Å². The summed E-state index contributed by atoms with van der Waals surface area (Å²) < 4.78 is 4.42. The number of carbonyl (C=O) groups excluding carboxylic acids is 2. The highest BCUT2D eigenvalue weighted by molar-refractivity contribution is 6.01. The topological polar surface area (TPSA) is 78.9 Å². The molecule has 1 aliphatic heterocycles. The molecule has 0 aliphatic carbocycles. The summed E-state index contributed by atoms with van der Waals surface area (Å²) in [5, 5.41) is 12.4. The number of hydrogen-bond donors (Lipinski definition) is 2. The molecule has 0 spiro atoms. The number of amides is 1. The van der Waals surface area contributed by atoms with Crippen LogP contribution >= 0.6 is 0 Å². The zero-order valence-electron chi connectivity index (χ0n) is 10.8. The minimum atomic E-state index is -1.21. The van der Waals surface area contributed by atoms with Gasteiger partial charge in [-0.1, -0.05) is 0 Å². The van der Waals surface area contributed by atoms with Gasteiger partial charge in [-0.05, 0) is 23.8 Å². The molecule has 102 valence electrons. The summed E-state index contributed by atoms with van der Waals surface area (Å²) in [6.07, 6.45) is -0.830. The second kappa shape index (κ2) is 5.27. The number of carbonyl (C=O) groups is 2. The molecule has 0 fully saturated rings. The third kappa shape index (κ3) is 2.68. The number of nitrogens with one attached hydrogen (secondary N) is 1. The highest BCUT2D eigenvalue weighted by atomic mass is 16.5. The lowest BCUT2D eigenvalue weighted by atomic mass is 10.1. The van der Waals surface area contributed by atoms with Gasteiger partial charge in [0, 0.05) is 18.4 Å². The molecule has 0 bridgehead atoms. The summed E-state index contributed by atoms with van der Waals surface area (Å²) in [6.45, 7) is 0.0647. The number of ether oxygens (including phenoxy) is 1. The van der Waals surface area contributed by atoms with Gasteiger partial charge in [0.2, 0.25) is 5.91 Å². The number of aliphatic hydroxyl groups excluding tert-OH is 1. The van der Waals surface area contributed by atoms with Crippen LogP contribution in [-0.2, 0) is 20.7 Å². The minimum absolute atomic E-state index is 0.0572. The largest absolute Gasteiger partial charge is 0.467 e. The molecule has 19 heavy (non-hydrogen) atoms. The molecule has 1 aromatic rings. The lowest BCUT2D eigenvalue weighted by Crippen LogP contribution is -2.29. The number of nitrogens with zero attached hydrogens (tertiary/aromatic N) is 1. The van der Waals surface area contributed by atoms with Gasteiger partial charge < -0.3 is 20.1 Å². The highest BCUT2D eigenvalue weighted by Crippen LogP contribution is 2.29. The molecule has 1 aromatic carbocycles. The summed E-state index contributed by atoms with van der Waals surface area (Å²) in [4.78, 5) is 24.2. The van der Waals surface area contributed by atoms with Crippen LogP contribution in [0.5, 0.6) is 0 Å². The molecular weight excluding hydrogens is 248 g/mol. The Labute approximate surface area is 111 Å². The van der Waals surface area contributed by atoms with Crippen LogP contribution in [0, 0.1) is 0 Å². The average Bonchev–Trinajstić information content (AvgIpc) is 2.70. The van der Waals surface area contributed by atoms with Crippen molar-refractivity contribution in [2.75, 3.05) is 30.9 Å². The Morgan fingerprint density at radius 1 is 1.58 bits per heavy atom. The monoisotopic (exact) mass is 264 g/mol. The van der Waals surface area contributed by atoms with Crippen molar-refractivity contribution in [1.82, 2.24) is 0 Å². The Hall–Kier alpha value is -2.08. The lowest BCUT2D eigenvalue weighted by Gasteiger charge is -2.13. The smallest absolute Gasteiger partial charge is 0.336 e.